The predicted molar refractivity (Wildman–Crippen MR) is 94.3 cm³/mol. The number of benzene rings is 3. The lowest BCUT2D eigenvalue weighted by Crippen LogP contribution is -2.11. The first-order chi connectivity index (χ1) is 11.3. The highest BCUT2D eigenvalue weighted by Crippen LogP contribution is 2.27. The van der Waals surface area contributed by atoms with Crippen molar-refractivity contribution >= 4 is 22.4 Å². The molecular formula is C19H18ClNO2. The summed E-state index contributed by atoms with van der Waals surface area (Å²) in [4.78, 5) is 0. The van der Waals surface area contributed by atoms with Crippen molar-refractivity contribution in [1.82, 2.24) is 0 Å². The summed E-state index contributed by atoms with van der Waals surface area (Å²) in [6.07, 6.45) is 0. The first-order valence-corrected chi connectivity index (χ1v) is 7.87. The van der Waals surface area contributed by atoms with Crippen LogP contribution < -0.4 is 15.2 Å². The van der Waals surface area contributed by atoms with Crippen LogP contribution in [0.4, 0.5) is 0 Å². The van der Waals surface area contributed by atoms with Gasteiger partial charge in [-0.15, -0.1) is 0 Å². The second-order valence-corrected chi connectivity index (χ2v) is 5.55. The lowest BCUT2D eigenvalue weighted by Gasteiger charge is -2.13. The van der Waals surface area contributed by atoms with Crippen molar-refractivity contribution in [3.8, 4) is 11.5 Å². The molecule has 0 bridgehead atoms. The van der Waals surface area contributed by atoms with E-state index in [0.717, 1.165) is 27.8 Å². The molecule has 4 heteroatoms. The van der Waals surface area contributed by atoms with E-state index < -0.39 is 0 Å². The summed E-state index contributed by atoms with van der Waals surface area (Å²) in [5.74, 6) is 1.58. The van der Waals surface area contributed by atoms with Crippen molar-refractivity contribution in [2.75, 3.05) is 13.2 Å². The molecule has 0 unspecified atom stereocenters. The smallest absolute Gasteiger partial charge is 0.124 e. The maximum absolute atomic E-state index is 5.90. The zero-order valence-electron chi connectivity index (χ0n) is 12.7. The molecule has 0 fully saturated rings. The number of fused-ring (bicyclic) bond motifs is 1. The Bertz CT molecular complexity index is 787. The van der Waals surface area contributed by atoms with Crippen molar-refractivity contribution in [1.29, 1.82) is 0 Å². The Labute approximate surface area is 140 Å². The van der Waals surface area contributed by atoms with Crippen molar-refractivity contribution < 1.29 is 9.47 Å². The molecule has 23 heavy (non-hydrogen) atoms. The van der Waals surface area contributed by atoms with Gasteiger partial charge in [0.1, 0.15) is 24.7 Å². The van der Waals surface area contributed by atoms with E-state index in [2.05, 4.69) is 12.1 Å². The van der Waals surface area contributed by atoms with E-state index in [9.17, 15) is 0 Å². The fourth-order valence-corrected chi connectivity index (χ4v) is 2.63. The van der Waals surface area contributed by atoms with Crippen LogP contribution >= 0.6 is 11.6 Å². The fraction of sp³-hybridized carbons (Fsp3) is 0.158. The molecule has 0 atom stereocenters. The predicted octanol–water partition coefficient (Wildman–Crippen LogP) is 4.41. The normalized spacial score (nSPS) is 10.7. The maximum Gasteiger partial charge on any atom is 0.124 e. The summed E-state index contributed by atoms with van der Waals surface area (Å²) < 4.78 is 11.5. The van der Waals surface area contributed by atoms with Crippen LogP contribution in [0.3, 0.4) is 0 Å². The number of ether oxygens (including phenoxy) is 2. The van der Waals surface area contributed by atoms with Crippen molar-refractivity contribution in [3.05, 3.63) is 71.2 Å². The zero-order valence-corrected chi connectivity index (χ0v) is 13.4. The molecule has 0 radical (unpaired) electrons. The molecule has 3 rings (SSSR count). The molecule has 3 aromatic rings. The number of hydrogen-bond donors (Lipinski definition) is 1. The third kappa shape index (κ3) is 3.76. The minimum absolute atomic E-state index is 0.439. The highest BCUT2D eigenvalue weighted by Gasteiger charge is 2.07. The number of nitrogens with two attached hydrogens (primary N) is 1. The largest absolute Gasteiger partial charge is 0.490 e. The van der Waals surface area contributed by atoms with E-state index in [1.165, 1.54) is 0 Å². The van der Waals surface area contributed by atoms with Crippen LogP contribution in [0.1, 0.15) is 5.56 Å². The number of rotatable bonds is 6. The molecular weight excluding hydrogens is 310 g/mol. The first kappa shape index (κ1) is 15.7. The van der Waals surface area contributed by atoms with Gasteiger partial charge < -0.3 is 15.2 Å². The molecule has 0 heterocycles. The standard InChI is InChI=1S/C19H18ClNO2/c20-15-6-8-16(9-7-15)22-11-12-23-19-10-5-14-3-1-2-4-17(14)18(19)13-21/h1-10H,11-13,21H2. The minimum atomic E-state index is 0.439. The van der Waals surface area contributed by atoms with Gasteiger partial charge >= 0.3 is 0 Å². The first-order valence-electron chi connectivity index (χ1n) is 7.50. The van der Waals surface area contributed by atoms with Gasteiger partial charge in [0.15, 0.2) is 0 Å². The third-order valence-electron chi connectivity index (χ3n) is 3.62. The summed E-state index contributed by atoms with van der Waals surface area (Å²) in [6, 6.07) is 19.4. The van der Waals surface area contributed by atoms with E-state index in [0.29, 0.717) is 24.8 Å². The van der Waals surface area contributed by atoms with E-state index in [4.69, 9.17) is 26.8 Å². The van der Waals surface area contributed by atoms with Gasteiger partial charge in [-0.25, -0.2) is 0 Å². The Hall–Kier alpha value is -2.23. The summed E-state index contributed by atoms with van der Waals surface area (Å²) in [6.45, 7) is 1.35. The Balaban J connectivity index is 1.64. The second-order valence-electron chi connectivity index (χ2n) is 5.12. The Morgan fingerprint density at radius 1 is 0.826 bits per heavy atom. The molecule has 0 aliphatic heterocycles. The van der Waals surface area contributed by atoms with Gasteiger partial charge in [-0.3, -0.25) is 0 Å². The van der Waals surface area contributed by atoms with Crippen LogP contribution in [0.5, 0.6) is 11.5 Å². The molecule has 0 aromatic heterocycles. The SMILES string of the molecule is NCc1c(OCCOc2ccc(Cl)cc2)ccc2ccccc12. The van der Waals surface area contributed by atoms with Gasteiger partial charge in [-0.2, -0.15) is 0 Å². The summed E-state index contributed by atoms with van der Waals surface area (Å²) in [5.41, 5.74) is 6.93. The molecule has 0 amide bonds. The molecule has 2 N–H and O–H groups in total. The second kappa shape index (κ2) is 7.36. The van der Waals surface area contributed by atoms with Crippen LogP contribution in [0.25, 0.3) is 10.8 Å². The van der Waals surface area contributed by atoms with Gasteiger partial charge in [-0.05, 0) is 41.1 Å². The van der Waals surface area contributed by atoms with Gasteiger partial charge in [0.05, 0.1) is 0 Å². The van der Waals surface area contributed by atoms with Crippen molar-refractivity contribution in [2.24, 2.45) is 5.73 Å². The van der Waals surface area contributed by atoms with Gasteiger partial charge in [-0.1, -0.05) is 41.9 Å². The topological polar surface area (TPSA) is 44.5 Å². The number of halogens is 1. The molecule has 118 valence electrons. The van der Waals surface area contributed by atoms with Crippen LogP contribution in [-0.2, 0) is 6.54 Å². The Morgan fingerprint density at radius 2 is 1.57 bits per heavy atom. The van der Waals surface area contributed by atoms with Crippen LogP contribution in [0.15, 0.2) is 60.7 Å². The molecule has 0 aliphatic carbocycles. The van der Waals surface area contributed by atoms with E-state index in [1.807, 2.05) is 36.4 Å². The van der Waals surface area contributed by atoms with Crippen molar-refractivity contribution in [2.45, 2.75) is 6.54 Å². The zero-order chi connectivity index (χ0) is 16.1. The maximum atomic E-state index is 5.90. The monoisotopic (exact) mass is 327 g/mol. The van der Waals surface area contributed by atoms with E-state index in [-0.39, 0.29) is 0 Å². The van der Waals surface area contributed by atoms with Crippen LogP contribution in [-0.4, -0.2) is 13.2 Å². The highest BCUT2D eigenvalue weighted by molar-refractivity contribution is 6.30. The Kier molecular flexibility index (Phi) is 5.01. The summed E-state index contributed by atoms with van der Waals surface area (Å²) >= 11 is 5.84. The molecule has 3 nitrogen and oxygen atoms in total. The lowest BCUT2D eigenvalue weighted by atomic mass is 10.0. The molecule has 0 spiro atoms. The minimum Gasteiger partial charge on any atom is -0.490 e. The lowest BCUT2D eigenvalue weighted by molar-refractivity contribution is 0.216. The molecule has 0 saturated carbocycles. The summed E-state index contributed by atoms with van der Waals surface area (Å²) in [7, 11) is 0. The molecule has 3 aromatic carbocycles. The summed E-state index contributed by atoms with van der Waals surface area (Å²) in [5, 5.41) is 2.99. The van der Waals surface area contributed by atoms with Crippen LogP contribution in [0.2, 0.25) is 5.02 Å². The van der Waals surface area contributed by atoms with Gasteiger partial charge in [0, 0.05) is 17.1 Å². The van der Waals surface area contributed by atoms with Crippen molar-refractivity contribution in [3.63, 3.8) is 0 Å². The Morgan fingerprint density at radius 3 is 2.35 bits per heavy atom. The average Bonchev–Trinajstić information content (AvgIpc) is 2.59. The third-order valence-corrected chi connectivity index (χ3v) is 3.88. The van der Waals surface area contributed by atoms with Gasteiger partial charge in [0.2, 0.25) is 0 Å². The van der Waals surface area contributed by atoms with E-state index in [1.54, 1.807) is 12.1 Å². The quantitative estimate of drug-likeness (QED) is 0.682. The van der Waals surface area contributed by atoms with Gasteiger partial charge in [0.25, 0.3) is 0 Å². The fourth-order valence-electron chi connectivity index (χ4n) is 2.50. The average molecular weight is 328 g/mol. The van der Waals surface area contributed by atoms with Crippen LogP contribution in [0, 0.1) is 0 Å². The molecule has 0 aliphatic rings. The molecule has 0 saturated heterocycles. The van der Waals surface area contributed by atoms with E-state index >= 15 is 0 Å². The number of hydrogen-bond acceptors (Lipinski definition) is 3. The highest BCUT2D eigenvalue weighted by atomic mass is 35.5.